The van der Waals surface area contributed by atoms with Crippen LogP contribution < -0.4 is 4.74 Å². The van der Waals surface area contributed by atoms with E-state index in [4.69, 9.17) is 4.74 Å². The van der Waals surface area contributed by atoms with Crippen molar-refractivity contribution in [3.8, 4) is 5.75 Å². The summed E-state index contributed by atoms with van der Waals surface area (Å²) >= 11 is 6.94. The number of methoxy groups -OCH3 is 1. The van der Waals surface area contributed by atoms with Gasteiger partial charge in [0.2, 0.25) is 0 Å². The first-order chi connectivity index (χ1) is 5.57. The van der Waals surface area contributed by atoms with E-state index in [2.05, 4.69) is 37.9 Å². The second-order valence-corrected chi connectivity index (χ2v) is 4.26. The summed E-state index contributed by atoms with van der Waals surface area (Å²) in [5.74, 6) is 0.868. The predicted octanol–water partition coefficient (Wildman–Crippen LogP) is 3.84. The average Bonchev–Trinajstić information content (AvgIpc) is 2.02. The normalized spacial score (nSPS) is 10.1. The Labute approximate surface area is 89.4 Å². The van der Waals surface area contributed by atoms with Gasteiger partial charge in [-0.3, -0.25) is 0 Å². The molecule has 12 heavy (non-hydrogen) atoms. The smallest absolute Gasteiger partial charge is 0.147 e. The predicted molar refractivity (Wildman–Crippen MR) is 57.9 cm³/mol. The lowest BCUT2D eigenvalue weighted by Gasteiger charge is -2.10. The number of ether oxygens (including phenoxy) is 1. The Morgan fingerprint density at radius 3 is 1.83 bits per heavy atom. The molecule has 0 amide bonds. The summed E-state index contributed by atoms with van der Waals surface area (Å²) < 4.78 is 7.28. The van der Waals surface area contributed by atoms with Gasteiger partial charge in [0.05, 0.1) is 16.1 Å². The largest absolute Gasteiger partial charge is 0.494 e. The molecule has 1 nitrogen and oxygen atoms in total. The van der Waals surface area contributed by atoms with Crippen molar-refractivity contribution in [2.75, 3.05) is 7.11 Å². The third kappa shape index (κ3) is 1.67. The summed E-state index contributed by atoms with van der Waals surface area (Å²) in [6.45, 7) is 4.10. The molecule has 0 unspecified atom stereocenters. The van der Waals surface area contributed by atoms with E-state index in [9.17, 15) is 0 Å². The molecule has 0 aliphatic carbocycles. The Kier molecular flexibility index (Phi) is 3.18. The fourth-order valence-electron chi connectivity index (χ4n) is 1.09. The standard InChI is InChI=1S/C9H10Br2O/c1-5-4-6(2)8(11)9(12-3)7(5)10/h4H,1-3H3. The summed E-state index contributed by atoms with van der Waals surface area (Å²) in [6.07, 6.45) is 0. The van der Waals surface area contributed by atoms with Crippen molar-refractivity contribution in [3.05, 3.63) is 26.1 Å². The Morgan fingerprint density at radius 1 is 1.08 bits per heavy atom. The van der Waals surface area contributed by atoms with Gasteiger partial charge in [-0.05, 0) is 56.8 Å². The van der Waals surface area contributed by atoms with Gasteiger partial charge in [-0.1, -0.05) is 6.07 Å². The third-order valence-corrected chi connectivity index (χ3v) is 3.70. The van der Waals surface area contributed by atoms with Gasteiger partial charge in [0, 0.05) is 0 Å². The van der Waals surface area contributed by atoms with Crippen molar-refractivity contribution in [3.63, 3.8) is 0 Å². The van der Waals surface area contributed by atoms with Crippen molar-refractivity contribution in [1.29, 1.82) is 0 Å². The van der Waals surface area contributed by atoms with Crippen LogP contribution in [0.3, 0.4) is 0 Å². The van der Waals surface area contributed by atoms with E-state index in [1.165, 1.54) is 11.1 Å². The van der Waals surface area contributed by atoms with E-state index in [0.717, 1.165) is 14.7 Å². The van der Waals surface area contributed by atoms with Crippen LogP contribution in [0.5, 0.6) is 5.75 Å². The Balaban J connectivity index is 3.42. The Bertz CT molecular complexity index is 282. The molecule has 0 heterocycles. The number of benzene rings is 1. The van der Waals surface area contributed by atoms with E-state index >= 15 is 0 Å². The van der Waals surface area contributed by atoms with Crippen LogP contribution in [0.4, 0.5) is 0 Å². The number of hydrogen-bond acceptors (Lipinski definition) is 1. The van der Waals surface area contributed by atoms with E-state index in [1.807, 2.05) is 13.8 Å². The van der Waals surface area contributed by atoms with Crippen LogP contribution in [0.15, 0.2) is 15.0 Å². The molecule has 0 fully saturated rings. The zero-order chi connectivity index (χ0) is 9.30. The number of halogens is 2. The molecule has 0 aliphatic rings. The topological polar surface area (TPSA) is 9.23 Å². The minimum Gasteiger partial charge on any atom is -0.494 e. The molecule has 3 heteroatoms. The van der Waals surface area contributed by atoms with Crippen molar-refractivity contribution in [2.24, 2.45) is 0 Å². The highest BCUT2D eigenvalue weighted by Crippen LogP contribution is 2.37. The van der Waals surface area contributed by atoms with E-state index in [0.29, 0.717) is 0 Å². The lowest BCUT2D eigenvalue weighted by molar-refractivity contribution is 0.408. The van der Waals surface area contributed by atoms with Crippen LogP contribution in [0, 0.1) is 13.8 Å². The molecule has 66 valence electrons. The molecule has 0 saturated heterocycles. The van der Waals surface area contributed by atoms with Gasteiger partial charge in [0.15, 0.2) is 0 Å². The van der Waals surface area contributed by atoms with Gasteiger partial charge in [0.1, 0.15) is 5.75 Å². The summed E-state index contributed by atoms with van der Waals surface area (Å²) in [4.78, 5) is 0. The van der Waals surface area contributed by atoms with Crippen molar-refractivity contribution >= 4 is 31.9 Å². The molecular formula is C9H10Br2O. The van der Waals surface area contributed by atoms with Gasteiger partial charge in [0.25, 0.3) is 0 Å². The molecule has 1 aromatic rings. The highest BCUT2D eigenvalue weighted by atomic mass is 79.9. The zero-order valence-corrected chi connectivity index (χ0v) is 10.4. The van der Waals surface area contributed by atoms with Crippen LogP contribution in [-0.4, -0.2) is 7.11 Å². The van der Waals surface area contributed by atoms with E-state index in [1.54, 1.807) is 7.11 Å². The van der Waals surface area contributed by atoms with Gasteiger partial charge in [-0.15, -0.1) is 0 Å². The first-order valence-corrected chi connectivity index (χ1v) is 5.15. The maximum atomic E-state index is 5.24. The fourth-order valence-corrected chi connectivity index (χ4v) is 2.30. The molecule has 0 saturated carbocycles. The fraction of sp³-hybridized carbons (Fsp3) is 0.333. The summed E-state index contributed by atoms with van der Waals surface area (Å²) in [7, 11) is 1.67. The van der Waals surface area contributed by atoms with E-state index < -0.39 is 0 Å². The molecule has 0 aromatic heterocycles. The van der Waals surface area contributed by atoms with Crippen molar-refractivity contribution in [2.45, 2.75) is 13.8 Å². The van der Waals surface area contributed by atoms with Crippen molar-refractivity contribution < 1.29 is 4.74 Å². The summed E-state index contributed by atoms with van der Waals surface area (Å²) in [5, 5.41) is 0. The number of rotatable bonds is 1. The SMILES string of the molecule is COc1c(Br)c(C)cc(C)c1Br. The van der Waals surface area contributed by atoms with Crippen LogP contribution in [0.25, 0.3) is 0 Å². The minimum atomic E-state index is 0.868. The zero-order valence-electron chi connectivity index (χ0n) is 7.24. The molecule has 0 radical (unpaired) electrons. The highest BCUT2D eigenvalue weighted by molar-refractivity contribution is 9.11. The lowest BCUT2D eigenvalue weighted by atomic mass is 10.1. The third-order valence-electron chi connectivity index (χ3n) is 1.73. The van der Waals surface area contributed by atoms with E-state index in [-0.39, 0.29) is 0 Å². The molecule has 0 bridgehead atoms. The lowest BCUT2D eigenvalue weighted by Crippen LogP contribution is -1.91. The van der Waals surface area contributed by atoms with Crippen LogP contribution in [0.1, 0.15) is 11.1 Å². The maximum Gasteiger partial charge on any atom is 0.147 e. The van der Waals surface area contributed by atoms with Crippen LogP contribution in [0.2, 0.25) is 0 Å². The van der Waals surface area contributed by atoms with Crippen LogP contribution in [-0.2, 0) is 0 Å². The summed E-state index contributed by atoms with van der Waals surface area (Å²) in [6, 6.07) is 2.11. The first kappa shape index (κ1) is 10.1. The van der Waals surface area contributed by atoms with Gasteiger partial charge < -0.3 is 4.74 Å². The second kappa shape index (κ2) is 3.79. The van der Waals surface area contributed by atoms with Crippen LogP contribution >= 0.6 is 31.9 Å². The molecule has 0 N–H and O–H groups in total. The van der Waals surface area contributed by atoms with Gasteiger partial charge in [-0.2, -0.15) is 0 Å². The summed E-state index contributed by atoms with van der Waals surface area (Å²) in [5.41, 5.74) is 2.38. The molecule has 0 aliphatic heterocycles. The van der Waals surface area contributed by atoms with Gasteiger partial charge in [-0.25, -0.2) is 0 Å². The highest BCUT2D eigenvalue weighted by Gasteiger charge is 2.10. The van der Waals surface area contributed by atoms with Gasteiger partial charge >= 0.3 is 0 Å². The molecule has 0 atom stereocenters. The molecule has 1 aromatic carbocycles. The average molecular weight is 294 g/mol. The Hall–Kier alpha value is -0.0200. The number of aryl methyl sites for hydroxylation is 2. The maximum absolute atomic E-state index is 5.24. The first-order valence-electron chi connectivity index (χ1n) is 3.57. The van der Waals surface area contributed by atoms with Crippen molar-refractivity contribution in [1.82, 2.24) is 0 Å². The number of hydrogen-bond donors (Lipinski definition) is 0. The molecular weight excluding hydrogens is 284 g/mol. The monoisotopic (exact) mass is 292 g/mol. The quantitative estimate of drug-likeness (QED) is 0.764. The Morgan fingerprint density at radius 2 is 1.50 bits per heavy atom. The molecule has 0 spiro atoms. The molecule has 1 rings (SSSR count). The second-order valence-electron chi connectivity index (χ2n) is 2.67. The minimum absolute atomic E-state index is 0.868.